The molecular weight excluding hydrogens is 542 g/mol. The molecule has 14 nitrogen and oxygen atoms in total. The van der Waals surface area contributed by atoms with Crippen molar-refractivity contribution in [3.63, 3.8) is 0 Å². The largest absolute Gasteiger partial charge is 0.466 e. The van der Waals surface area contributed by atoms with Gasteiger partial charge in [0.2, 0.25) is 0 Å². The fraction of sp³-hybridized carbons (Fsp3) is 0.412. The monoisotopic (exact) mass is 564 g/mol. The second kappa shape index (κ2) is 11.6. The Labute approximate surface area is 204 Å². The maximum absolute atomic E-state index is 12.2. The number of rotatable bonds is 5. The number of H-pyrrole nitrogens is 1. The van der Waals surface area contributed by atoms with Gasteiger partial charge in [0.1, 0.15) is 18.3 Å². The Balaban J connectivity index is 0.000000821. The molecule has 0 amide bonds. The molecule has 0 unspecified atom stereocenters. The van der Waals surface area contributed by atoms with Crippen molar-refractivity contribution < 1.29 is 65.9 Å². The number of benzene rings is 1. The predicted octanol–water partition coefficient (Wildman–Crippen LogP) is -2.65. The summed E-state index contributed by atoms with van der Waals surface area (Å²) in [7, 11) is -4.64. The van der Waals surface area contributed by atoms with E-state index in [4.69, 9.17) is 24.4 Å². The maximum Gasteiger partial charge on any atom is 0.466 e. The number of phosphoric acid groups is 1. The molecule has 1 aromatic rings. The third kappa shape index (κ3) is 7.67. The second-order valence-corrected chi connectivity index (χ2v) is 8.04. The average Bonchev–Trinajstić information content (AvgIpc) is 2.67. The molecule has 0 aliphatic carbocycles. The summed E-state index contributed by atoms with van der Waals surface area (Å²) in [5.74, 6) is -0.0516. The van der Waals surface area contributed by atoms with Gasteiger partial charge in [-0.1, -0.05) is 0 Å². The molecule has 3 atom stereocenters. The summed E-state index contributed by atoms with van der Waals surface area (Å²) >= 11 is 0. The van der Waals surface area contributed by atoms with Gasteiger partial charge in [-0.2, -0.15) is 4.98 Å². The van der Waals surface area contributed by atoms with Crippen molar-refractivity contribution in [1.82, 2.24) is 19.5 Å². The number of aryl methyl sites for hydroxylation is 2. The normalized spacial score (nSPS) is 14.2. The Kier molecular flexibility index (Phi) is 10.4. The fourth-order valence-corrected chi connectivity index (χ4v) is 2.89. The summed E-state index contributed by atoms with van der Waals surface area (Å²) in [6.07, 6.45) is -4.68. The first-order valence-electron chi connectivity index (χ1n) is 9.08. The third-order valence-electron chi connectivity index (χ3n) is 4.57. The smallest absolute Gasteiger partial charge is 0.394 e. The van der Waals surface area contributed by atoms with Crippen LogP contribution in [0.2, 0.25) is 0 Å². The second-order valence-electron chi connectivity index (χ2n) is 7.01. The van der Waals surface area contributed by atoms with Crippen molar-refractivity contribution in [2.75, 3.05) is 6.61 Å². The Morgan fingerprint density at radius 2 is 1.58 bits per heavy atom. The van der Waals surface area contributed by atoms with E-state index in [-0.39, 0.29) is 44.3 Å². The summed E-state index contributed by atoms with van der Waals surface area (Å²) in [6.45, 7) is 2.73. The van der Waals surface area contributed by atoms with Crippen LogP contribution in [0, 0.1) is 13.8 Å². The van der Waals surface area contributed by atoms with Gasteiger partial charge in [-0.3, -0.25) is 9.78 Å². The predicted molar refractivity (Wildman–Crippen MR) is 110 cm³/mol. The van der Waals surface area contributed by atoms with E-state index in [2.05, 4.69) is 15.0 Å². The average molecular weight is 566 g/mol. The molecule has 8 N–H and O–H groups in total. The van der Waals surface area contributed by atoms with Gasteiger partial charge in [0.25, 0.3) is 5.56 Å². The first kappa shape index (κ1) is 29.4. The van der Waals surface area contributed by atoms with Crippen molar-refractivity contribution >= 4 is 18.9 Å². The summed E-state index contributed by atoms with van der Waals surface area (Å²) in [6, 6.07) is 3.53. The Morgan fingerprint density at radius 1 is 1.03 bits per heavy atom. The molecule has 0 spiro atoms. The van der Waals surface area contributed by atoms with Crippen LogP contribution in [0.15, 0.2) is 21.7 Å². The van der Waals surface area contributed by atoms with Crippen LogP contribution in [-0.2, 0) is 37.3 Å². The van der Waals surface area contributed by atoms with Crippen LogP contribution in [0.5, 0.6) is 0 Å². The van der Waals surface area contributed by atoms with E-state index >= 15 is 0 Å². The Morgan fingerprint density at radius 3 is 2.12 bits per heavy atom. The number of aromatic amines is 1. The van der Waals surface area contributed by atoms with E-state index in [1.807, 2.05) is 13.8 Å². The number of aliphatic hydroxyl groups is 4. The molecule has 16 heteroatoms. The van der Waals surface area contributed by atoms with Crippen LogP contribution >= 0.6 is 7.82 Å². The van der Waals surface area contributed by atoms with Gasteiger partial charge in [-0.05, 0) is 37.1 Å². The van der Waals surface area contributed by atoms with Gasteiger partial charge in [0.15, 0.2) is 11.5 Å². The number of aliphatic hydroxyl groups excluding tert-OH is 4. The van der Waals surface area contributed by atoms with Crippen LogP contribution in [0.25, 0.3) is 22.6 Å². The van der Waals surface area contributed by atoms with Crippen molar-refractivity contribution in [1.29, 1.82) is 0 Å². The van der Waals surface area contributed by atoms with Gasteiger partial charge in [0, 0.05) is 26.2 Å². The minimum Gasteiger partial charge on any atom is -0.394 e. The number of nitrogens with one attached hydrogen (secondary N) is 1. The molecule has 1 aromatic carbocycles. The molecule has 180 valence electrons. The zero-order chi connectivity index (χ0) is 24.4. The molecular formula is C17H23N4O10PZr. The zero-order valence-corrected chi connectivity index (χ0v) is 20.8. The molecule has 0 fully saturated rings. The van der Waals surface area contributed by atoms with E-state index in [0.29, 0.717) is 11.0 Å². The molecule has 0 saturated carbocycles. The van der Waals surface area contributed by atoms with E-state index in [0.717, 1.165) is 11.1 Å². The van der Waals surface area contributed by atoms with Gasteiger partial charge >= 0.3 is 13.5 Å². The van der Waals surface area contributed by atoms with E-state index < -0.39 is 44.0 Å². The molecule has 3 rings (SSSR count). The molecule has 33 heavy (non-hydrogen) atoms. The topological polar surface area (TPSA) is 239 Å². The van der Waals surface area contributed by atoms with Crippen LogP contribution in [0.3, 0.4) is 0 Å². The number of hydrogen-bond acceptors (Lipinski definition) is 9. The summed E-state index contributed by atoms with van der Waals surface area (Å²) in [5.41, 5.74) is 1.11. The molecule has 2 aliphatic heterocycles. The quantitative estimate of drug-likeness (QED) is 0.117. The standard InChI is InChI=1S/C17H20N4O6.H3O4P.Zr/c1-7-3-9-10(4-8(7)2)21(5-11(23)14(25)12(24)6-22)15-13(18-9)16(26)20-17(27)19-15;1-5(2,3)4;/h3-4,11-12,14,22-25H,5-6H2,1-2H3,(H,20,26,27);(H3,1,2,3,4);/t11-,12+,14-;;/m0../s1. The van der Waals surface area contributed by atoms with E-state index in [1.165, 1.54) is 4.57 Å². The molecule has 0 saturated heterocycles. The Bertz CT molecular complexity index is 1230. The molecule has 2 aliphatic rings. The van der Waals surface area contributed by atoms with Crippen molar-refractivity contribution in [2.24, 2.45) is 0 Å². The molecule has 0 bridgehead atoms. The SMILES string of the molecule is Cc1cc2nc3c(=O)[nH]c(=O)nc-3n(C[C@H](O)[C@H](O)[C@H](O)CO)c2cc1C.O=P(O)(O)O.[Zr]. The zero-order valence-electron chi connectivity index (χ0n) is 17.4. The van der Waals surface area contributed by atoms with Gasteiger partial charge < -0.3 is 39.7 Å². The first-order valence-corrected chi connectivity index (χ1v) is 10.6. The fourth-order valence-electron chi connectivity index (χ4n) is 2.89. The summed E-state index contributed by atoms with van der Waals surface area (Å²) in [4.78, 5) is 55.6. The summed E-state index contributed by atoms with van der Waals surface area (Å²) < 4.78 is 10.3. The molecule has 2 heterocycles. The van der Waals surface area contributed by atoms with Crippen LogP contribution in [0.4, 0.5) is 0 Å². The van der Waals surface area contributed by atoms with Gasteiger partial charge in [-0.15, -0.1) is 0 Å². The third-order valence-corrected chi connectivity index (χ3v) is 4.57. The number of aromatic nitrogens is 4. The number of hydrogen-bond donors (Lipinski definition) is 8. The minimum atomic E-state index is -4.64. The number of nitrogens with zero attached hydrogens (tertiary/aromatic N) is 3. The van der Waals surface area contributed by atoms with Crippen LogP contribution in [0.1, 0.15) is 11.1 Å². The van der Waals surface area contributed by atoms with Crippen LogP contribution in [-0.4, -0.2) is 79.5 Å². The minimum absolute atomic E-state index is 0. The van der Waals surface area contributed by atoms with E-state index in [1.54, 1.807) is 12.1 Å². The molecule has 0 radical (unpaired) electrons. The first-order chi connectivity index (χ1) is 14.7. The van der Waals surface area contributed by atoms with E-state index in [9.17, 15) is 24.9 Å². The number of fused-ring (bicyclic) bond motifs is 2. The maximum atomic E-state index is 12.2. The summed E-state index contributed by atoms with van der Waals surface area (Å²) in [5, 5.41) is 38.8. The Hall–Kier alpha value is -1.67. The van der Waals surface area contributed by atoms with Crippen LogP contribution < -0.4 is 11.2 Å². The van der Waals surface area contributed by atoms with Gasteiger partial charge in [-0.25, -0.2) is 14.3 Å². The molecule has 0 aromatic heterocycles. The van der Waals surface area contributed by atoms with Crippen molar-refractivity contribution in [3.05, 3.63) is 44.1 Å². The van der Waals surface area contributed by atoms with Gasteiger partial charge in [0.05, 0.1) is 24.2 Å². The van der Waals surface area contributed by atoms with Crippen molar-refractivity contribution in [3.8, 4) is 11.5 Å². The van der Waals surface area contributed by atoms with Crippen molar-refractivity contribution in [2.45, 2.75) is 38.7 Å².